The summed E-state index contributed by atoms with van der Waals surface area (Å²) in [5, 5.41) is 3.31. The molecule has 0 bridgehead atoms. The van der Waals surface area contributed by atoms with Crippen molar-refractivity contribution in [2.45, 2.75) is 32.2 Å². The maximum Gasteiger partial charge on any atom is 0.193 e. The third kappa shape index (κ3) is 4.22. The maximum atomic E-state index is 6.20. The monoisotopic (exact) mass is 365 g/mol. The number of pyridine rings is 1. The number of rotatable bonds is 4. The number of hydrogen-bond donors (Lipinski definition) is 2. The van der Waals surface area contributed by atoms with Crippen LogP contribution < -0.4 is 16.0 Å². The number of aryl methyl sites for hydroxylation is 1. The number of ether oxygens (including phenoxy) is 1. The van der Waals surface area contributed by atoms with Crippen LogP contribution >= 0.6 is 0 Å². The Morgan fingerprint density at radius 2 is 2.00 bits per heavy atom. The number of morpholine rings is 1. The van der Waals surface area contributed by atoms with Crippen LogP contribution in [0.3, 0.4) is 0 Å². The molecule has 1 aliphatic heterocycles. The summed E-state index contributed by atoms with van der Waals surface area (Å²) in [7, 11) is 0. The average molecular weight is 365 g/mol. The molecule has 1 saturated heterocycles. The van der Waals surface area contributed by atoms with Gasteiger partial charge >= 0.3 is 0 Å². The zero-order chi connectivity index (χ0) is 18.5. The van der Waals surface area contributed by atoms with Crippen molar-refractivity contribution in [3.8, 4) is 0 Å². The molecular weight excluding hydrogens is 338 g/mol. The van der Waals surface area contributed by atoms with Gasteiger partial charge in [-0.05, 0) is 48.9 Å². The van der Waals surface area contributed by atoms with E-state index in [-0.39, 0.29) is 0 Å². The Balaban J connectivity index is 1.47. The van der Waals surface area contributed by atoms with Crippen LogP contribution in [-0.4, -0.2) is 37.2 Å². The fourth-order valence-electron chi connectivity index (χ4n) is 3.86. The number of nitrogens with one attached hydrogen (secondary N) is 1. The zero-order valence-corrected chi connectivity index (χ0v) is 15.7. The number of nitrogens with zero attached hydrogens (tertiary/aromatic N) is 3. The Morgan fingerprint density at radius 1 is 1.15 bits per heavy atom. The number of benzene rings is 1. The van der Waals surface area contributed by atoms with E-state index in [1.54, 1.807) is 0 Å². The van der Waals surface area contributed by atoms with Gasteiger partial charge in [-0.1, -0.05) is 18.2 Å². The van der Waals surface area contributed by atoms with Gasteiger partial charge in [0.1, 0.15) is 5.82 Å². The summed E-state index contributed by atoms with van der Waals surface area (Å²) in [4.78, 5) is 11.4. The van der Waals surface area contributed by atoms with E-state index in [9.17, 15) is 0 Å². The lowest BCUT2D eigenvalue weighted by molar-refractivity contribution is 0.122. The SMILES string of the molecule is NC(=NCc1cccnc1N1CCOCC1)Nc1cccc2c1CCCC2. The molecule has 2 heterocycles. The van der Waals surface area contributed by atoms with Crippen molar-refractivity contribution < 1.29 is 4.74 Å². The van der Waals surface area contributed by atoms with Gasteiger partial charge in [-0.25, -0.2) is 9.98 Å². The number of aliphatic imine (C=N–C) groups is 1. The fraction of sp³-hybridized carbons (Fsp3) is 0.429. The summed E-state index contributed by atoms with van der Waals surface area (Å²) in [5.74, 6) is 1.43. The summed E-state index contributed by atoms with van der Waals surface area (Å²) < 4.78 is 5.44. The summed E-state index contributed by atoms with van der Waals surface area (Å²) >= 11 is 0. The van der Waals surface area contributed by atoms with Crippen molar-refractivity contribution in [1.29, 1.82) is 0 Å². The molecule has 6 nitrogen and oxygen atoms in total. The molecule has 27 heavy (non-hydrogen) atoms. The number of fused-ring (bicyclic) bond motifs is 1. The van der Waals surface area contributed by atoms with Gasteiger partial charge in [0.2, 0.25) is 0 Å². The Morgan fingerprint density at radius 3 is 2.89 bits per heavy atom. The number of guanidine groups is 1. The van der Waals surface area contributed by atoms with Gasteiger partial charge in [-0.3, -0.25) is 0 Å². The smallest absolute Gasteiger partial charge is 0.193 e. The summed E-state index contributed by atoms with van der Waals surface area (Å²) in [6.45, 7) is 3.70. The van der Waals surface area contributed by atoms with E-state index in [2.05, 4.69) is 44.5 Å². The Bertz CT molecular complexity index is 814. The Labute approximate surface area is 160 Å². The molecule has 0 spiro atoms. The van der Waals surface area contributed by atoms with Crippen molar-refractivity contribution >= 4 is 17.5 Å². The largest absolute Gasteiger partial charge is 0.378 e. The van der Waals surface area contributed by atoms with Gasteiger partial charge in [0.25, 0.3) is 0 Å². The number of anilines is 2. The second-order valence-corrected chi connectivity index (χ2v) is 7.06. The van der Waals surface area contributed by atoms with Gasteiger partial charge in [0.05, 0.1) is 19.8 Å². The highest BCUT2D eigenvalue weighted by Gasteiger charge is 2.16. The Hall–Kier alpha value is -2.60. The molecule has 0 radical (unpaired) electrons. The van der Waals surface area contributed by atoms with Crippen molar-refractivity contribution in [3.05, 3.63) is 53.2 Å². The van der Waals surface area contributed by atoms with E-state index in [0.29, 0.717) is 12.5 Å². The van der Waals surface area contributed by atoms with Crippen molar-refractivity contribution in [3.63, 3.8) is 0 Å². The van der Waals surface area contributed by atoms with Gasteiger partial charge in [-0.2, -0.15) is 0 Å². The molecule has 1 aromatic carbocycles. The molecule has 1 fully saturated rings. The lowest BCUT2D eigenvalue weighted by atomic mass is 9.90. The highest BCUT2D eigenvalue weighted by atomic mass is 16.5. The van der Waals surface area contributed by atoms with E-state index in [1.807, 2.05) is 12.3 Å². The highest BCUT2D eigenvalue weighted by molar-refractivity contribution is 5.93. The second kappa shape index (κ2) is 8.39. The van der Waals surface area contributed by atoms with Crippen molar-refractivity contribution in [2.24, 2.45) is 10.7 Å². The lowest BCUT2D eigenvalue weighted by Gasteiger charge is -2.29. The molecule has 3 N–H and O–H groups in total. The lowest BCUT2D eigenvalue weighted by Crippen LogP contribution is -2.37. The van der Waals surface area contributed by atoms with Crippen molar-refractivity contribution in [2.75, 3.05) is 36.5 Å². The van der Waals surface area contributed by atoms with Crippen LogP contribution in [0.5, 0.6) is 0 Å². The molecule has 0 amide bonds. The van der Waals surface area contributed by atoms with E-state index in [1.165, 1.54) is 24.0 Å². The fourth-order valence-corrected chi connectivity index (χ4v) is 3.86. The number of aromatic nitrogens is 1. The molecule has 2 aromatic rings. The summed E-state index contributed by atoms with van der Waals surface area (Å²) in [6, 6.07) is 10.4. The third-order valence-corrected chi connectivity index (χ3v) is 5.26. The van der Waals surface area contributed by atoms with E-state index in [4.69, 9.17) is 10.5 Å². The summed E-state index contributed by atoms with van der Waals surface area (Å²) in [6.07, 6.45) is 6.60. The second-order valence-electron chi connectivity index (χ2n) is 7.06. The maximum absolute atomic E-state index is 6.20. The van der Waals surface area contributed by atoms with Crippen LogP contribution in [0.15, 0.2) is 41.5 Å². The third-order valence-electron chi connectivity index (χ3n) is 5.26. The molecule has 0 atom stereocenters. The van der Waals surface area contributed by atoms with Crippen molar-refractivity contribution in [1.82, 2.24) is 4.98 Å². The van der Waals surface area contributed by atoms with Crippen LogP contribution in [0.25, 0.3) is 0 Å². The van der Waals surface area contributed by atoms with Gasteiger partial charge in [0, 0.05) is 30.5 Å². The van der Waals surface area contributed by atoms with Gasteiger partial charge in [-0.15, -0.1) is 0 Å². The quantitative estimate of drug-likeness (QED) is 0.644. The topological polar surface area (TPSA) is 75.8 Å². The highest BCUT2D eigenvalue weighted by Crippen LogP contribution is 2.27. The molecule has 4 rings (SSSR count). The molecule has 0 saturated carbocycles. The molecule has 2 aliphatic rings. The predicted octanol–water partition coefficient (Wildman–Crippen LogP) is 2.72. The molecule has 142 valence electrons. The van der Waals surface area contributed by atoms with Gasteiger partial charge < -0.3 is 20.7 Å². The number of hydrogen-bond acceptors (Lipinski definition) is 4. The molecule has 0 unspecified atom stereocenters. The van der Waals surface area contributed by atoms with E-state index < -0.39 is 0 Å². The molecule has 1 aliphatic carbocycles. The minimum absolute atomic E-state index is 0.450. The normalized spacial score (nSPS) is 17.5. The average Bonchev–Trinajstić information content (AvgIpc) is 2.73. The zero-order valence-electron chi connectivity index (χ0n) is 15.7. The first kappa shape index (κ1) is 17.8. The first-order chi connectivity index (χ1) is 13.3. The van der Waals surface area contributed by atoms with E-state index >= 15 is 0 Å². The molecular formula is C21H27N5O. The minimum Gasteiger partial charge on any atom is -0.378 e. The first-order valence-electron chi connectivity index (χ1n) is 9.75. The van der Waals surface area contributed by atoms with Crippen LogP contribution in [0.2, 0.25) is 0 Å². The Kier molecular flexibility index (Phi) is 5.53. The van der Waals surface area contributed by atoms with Crippen LogP contribution in [0.4, 0.5) is 11.5 Å². The number of nitrogens with two attached hydrogens (primary N) is 1. The van der Waals surface area contributed by atoms with Gasteiger partial charge in [0.15, 0.2) is 5.96 Å². The van der Waals surface area contributed by atoms with Crippen LogP contribution in [-0.2, 0) is 24.1 Å². The first-order valence-corrected chi connectivity index (χ1v) is 9.75. The minimum atomic E-state index is 0.450. The molecule has 6 heteroatoms. The van der Waals surface area contributed by atoms with Crippen LogP contribution in [0.1, 0.15) is 29.5 Å². The van der Waals surface area contributed by atoms with E-state index in [0.717, 1.165) is 56.2 Å². The standard InChI is InChI=1S/C21H27N5O/c22-21(25-19-9-3-6-16-5-1-2-8-18(16)19)24-15-17-7-4-10-23-20(17)26-11-13-27-14-12-26/h3-4,6-7,9-10H,1-2,5,8,11-15H2,(H3,22,24,25). The summed E-state index contributed by atoms with van der Waals surface area (Å²) in [5.41, 5.74) is 11.2. The predicted molar refractivity (Wildman–Crippen MR) is 109 cm³/mol. The van der Waals surface area contributed by atoms with Crippen LogP contribution in [0, 0.1) is 0 Å². The molecule has 1 aromatic heterocycles.